The molecule has 1 atom stereocenters. The van der Waals surface area contributed by atoms with E-state index in [-0.39, 0.29) is 25.1 Å². The van der Waals surface area contributed by atoms with E-state index in [0.29, 0.717) is 51.3 Å². The minimum absolute atomic E-state index is 0.0723. The van der Waals surface area contributed by atoms with Crippen LogP contribution in [-0.4, -0.2) is 97.3 Å². The molecule has 0 radical (unpaired) electrons. The van der Waals surface area contributed by atoms with E-state index < -0.39 is 15.6 Å². The molecule has 0 saturated carbocycles. The number of carbonyl (C=O) groups is 1. The zero-order valence-corrected chi connectivity index (χ0v) is 18.0. The van der Waals surface area contributed by atoms with E-state index >= 15 is 0 Å². The second-order valence-corrected chi connectivity index (χ2v) is 10.1. The van der Waals surface area contributed by atoms with Crippen LogP contribution in [0.1, 0.15) is 19.8 Å². The fourth-order valence-corrected chi connectivity index (χ4v) is 5.01. The van der Waals surface area contributed by atoms with Crippen LogP contribution in [0.25, 0.3) is 0 Å². The van der Waals surface area contributed by atoms with Crippen LogP contribution in [-0.2, 0) is 14.8 Å². The number of hydrogen-bond donors (Lipinski definition) is 1. The van der Waals surface area contributed by atoms with Crippen molar-refractivity contribution in [2.45, 2.75) is 31.4 Å². The quantitative estimate of drug-likeness (QED) is 0.734. The molecule has 9 heteroatoms. The largest absolute Gasteiger partial charge is 0.490 e. The van der Waals surface area contributed by atoms with Gasteiger partial charge >= 0.3 is 0 Å². The van der Waals surface area contributed by atoms with Gasteiger partial charge in [0.1, 0.15) is 18.0 Å². The van der Waals surface area contributed by atoms with E-state index in [1.54, 1.807) is 4.90 Å². The molecule has 2 saturated heterocycles. The number of piperidine rings is 1. The van der Waals surface area contributed by atoms with Gasteiger partial charge in [0, 0.05) is 45.7 Å². The zero-order chi connectivity index (χ0) is 21.1. The summed E-state index contributed by atoms with van der Waals surface area (Å²) in [4.78, 5) is 15.9. The molecule has 1 N–H and O–H groups in total. The summed E-state index contributed by atoms with van der Waals surface area (Å²) in [6.07, 6.45) is 2.66. The molecule has 0 bridgehead atoms. The fourth-order valence-electron chi connectivity index (χ4n) is 4.14. The molecule has 8 nitrogen and oxygen atoms in total. The number of amides is 1. The predicted octanol–water partition coefficient (Wildman–Crippen LogP) is 0.385. The highest BCUT2D eigenvalue weighted by Gasteiger charge is 2.40. The third-order valence-corrected chi connectivity index (χ3v) is 7.05. The molecule has 2 heterocycles. The number of aliphatic hydroxyl groups is 1. The summed E-state index contributed by atoms with van der Waals surface area (Å²) in [5.74, 6) is 0.601. The summed E-state index contributed by atoms with van der Waals surface area (Å²) in [6.45, 7) is 4.34. The van der Waals surface area contributed by atoms with Crippen molar-refractivity contribution in [2.75, 3.05) is 52.1 Å². The van der Waals surface area contributed by atoms with Crippen LogP contribution in [0.3, 0.4) is 0 Å². The summed E-state index contributed by atoms with van der Waals surface area (Å²) in [7, 11) is -3.18. The summed E-state index contributed by atoms with van der Waals surface area (Å²) in [6, 6.07) is 9.48. The molecule has 162 valence electrons. The van der Waals surface area contributed by atoms with E-state index in [0.717, 1.165) is 0 Å². The highest BCUT2D eigenvalue weighted by molar-refractivity contribution is 7.88. The summed E-state index contributed by atoms with van der Waals surface area (Å²) < 4.78 is 30.9. The molecule has 0 aromatic heterocycles. The normalized spacial score (nSPS) is 25.6. The molecular formula is C20H31N3O5S. The number of carbonyl (C=O) groups excluding carboxylic acids is 1. The van der Waals surface area contributed by atoms with Crippen molar-refractivity contribution in [3.05, 3.63) is 30.3 Å². The third kappa shape index (κ3) is 5.91. The maximum absolute atomic E-state index is 12.0. The van der Waals surface area contributed by atoms with Crippen molar-refractivity contribution in [2.24, 2.45) is 0 Å². The van der Waals surface area contributed by atoms with Gasteiger partial charge in [0.15, 0.2) is 0 Å². The first-order valence-corrected chi connectivity index (χ1v) is 11.9. The number of β-amino-alcohol motifs (C(OH)–C–C–N with tert-alkyl or cyclic N) is 1. The van der Waals surface area contributed by atoms with E-state index in [4.69, 9.17) is 4.74 Å². The van der Waals surface area contributed by atoms with E-state index in [1.165, 1.54) is 17.5 Å². The van der Waals surface area contributed by atoms with Gasteiger partial charge in [-0.1, -0.05) is 18.2 Å². The Morgan fingerprint density at radius 2 is 1.79 bits per heavy atom. The fraction of sp³-hybridized carbons (Fsp3) is 0.650. The second kappa shape index (κ2) is 8.99. The number of sulfonamides is 1. The highest BCUT2D eigenvalue weighted by Crippen LogP contribution is 2.24. The smallest absolute Gasteiger partial charge is 0.219 e. The van der Waals surface area contributed by atoms with Gasteiger partial charge in [-0.15, -0.1) is 0 Å². The molecular weight excluding hydrogens is 394 g/mol. The van der Waals surface area contributed by atoms with Crippen LogP contribution in [0.15, 0.2) is 30.3 Å². The predicted molar refractivity (Wildman–Crippen MR) is 110 cm³/mol. The van der Waals surface area contributed by atoms with Gasteiger partial charge in [-0.3, -0.25) is 9.69 Å². The lowest BCUT2D eigenvalue weighted by Crippen LogP contribution is -2.54. The lowest BCUT2D eigenvalue weighted by molar-refractivity contribution is -0.132. The monoisotopic (exact) mass is 425 g/mol. The van der Waals surface area contributed by atoms with Crippen molar-refractivity contribution in [1.82, 2.24) is 14.1 Å². The highest BCUT2D eigenvalue weighted by atomic mass is 32.2. The van der Waals surface area contributed by atoms with Gasteiger partial charge in [-0.05, 0) is 25.0 Å². The molecule has 2 aliphatic heterocycles. The maximum atomic E-state index is 12.0. The number of rotatable bonds is 5. The van der Waals surface area contributed by atoms with Crippen LogP contribution in [0.4, 0.5) is 0 Å². The molecule has 0 spiro atoms. The lowest BCUT2D eigenvalue weighted by atomic mass is 10.00. The van der Waals surface area contributed by atoms with E-state index in [9.17, 15) is 18.3 Å². The Hall–Kier alpha value is -1.68. The summed E-state index contributed by atoms with van der Waals surface area (Å²) >= 11 is 0. The first-order chi connectivity index (χ1) is 13.7. The average molecular weight is 426 g/mol. The molecule has 1 amide bonds. The topological polar surface area (TPSA) is 90.4 Å². The molecule has 0 aliphatic carbocycles. The Balaban J connectivity index is 1.69. The van der Waals surface area contributed by atoms with Crippen LogP contribution in [0.2, 0.25) is 0 Å². The standard InChI is InChI=1S/C20H31N3O5S/c1-17(24)21-12-13-22(18-8-10-23(11-9-18)29(2,26)27)15-20(25,14-21)16-28-19-6-4-3-5-7-19/h3-7,18,25H,8-16H2,1-2H3. The van der Waals surface area contributed by atoms with Crippen LogP contribution in [0.5, 0.6) is 5.75 Å². The SMILES string of the molecule is CC(=O)N1CCN(C2CCN(S(C)(=O)=O)CC2)CC(O)(COc2ccccc2)C1. The molecule has 1 aromatic carbocycles. The van der Waals surface area contributed by atoms with Crippen LogP contribution >= 0.6 is 0 Å². The average Bonchev–Trinajstić information content (AvgIpc) is 2.87. The van der Waals surface area contributed by atoms with Crippen LogP contribution < -0.4 is 4.74 Å². The van der Waals surface area contributed by atoms with Crippen molar-refractivity contribution in [3.8, 4) is 5.75 Å². The van der Waals surface area contributed by atoms with Gasteiger partial charge < -0.3 is 14.7 Å². The summed E-state index contributed by atoms with van der Waals surface area (Å²) in [5, 5.41) is 11.3. The van der Waals surface area contributed by atoms with Crippen molar-refractivity contribution in [1.29, 1.82) is 0 Å². The first kappa shape index (κ1) is 22.0. The van der Waals surface area contributed by atoms with E-state index in [1.807, 2.05) is 30.3 Å². The number of benzene rings is 1. The first-order valence-electron chi connectivity index (χ1n) is 10.0. The Kier molecular flexibility index (Phi) is 6.83. The number of hydrogen-bond acceptors (Lipinski definition) is 6. The van der Waals surface area contributed by atoms with Crippen molar-refractivity contribution in [3.63, 3.8) is 0 Å². The van der Waals surface area contributed by atoms with Crippen LogP contribution in [0, 0.1) is 0 Å². The van der Waals surface area contributed by atoms with Gasteiger partial charge in [-0.2, -0.15) is 0 Å². The van der Waals surface area contributed by atoms with Crippen molar-refractivity contribution < 1.29 is 23.1 Å². The molecule has 1 aromatic rings. The number of nitrogens with zero attached hydrogens (tertiary/aromatic N) is 3. The zero-order valence-electron chi connectivity index (χ0n) is 17.2. The van der Waals surface area contributed by atoms with Gasteiger partial charge in [0.05, 0.1) is 12.8 Å². The lowest BCUT2D eigenvalue weighted by Gasteiger charge is -2.39. The Morgan fingerprint density at radius 3 is 2.38 bits per heavy atom. The van der Waals surface area contributed by atoms with Crippen molar-refractivity contribution >= 4 is 15.9 Å². The maximum Gasteiger partial charge on any atom is 0.219 e. The molecule has 2 fully saturated rings. The minimum atomic E-state index is -3.18. The number of para-hydroxylation sites is 1. The molecule has 3 rings (SSSR count). The molecule has 29 heavy (non-hydrogen) atoms. The van der Waals surface area contributed by atoms with E-state index in [2.05, 4.69) is 4.90 Å². The molecule has 2 aliphatic rings. The molecule has 1 unspecified atom stereocenters. The Bertz CT molecular complexity index is 796. The van der Waals surface area contributed by atoms with Gasteiger partial charge in [0.25, 0.3) is 0 Å². The second-order valence-electron chi connectivity index (χ2n) is 8.13. The Morgan fingerprint density at radius 1 is 1.14 bits per heavy atom. The third-order valence-electron chi connectivity index (χ3n) is 5.74. The minimum Gasteiger partial charge on any atom is -0.490 e. The Labute approximate surface area is 173 Å². The number of ether oxygens (including phenoxy) is 1. The van der Waals surface area contributed by atoms with Gasteiger partial charge in [0.2, 0.25) is 15.9 Å². The van der Waals surface area contributed by atoms with Gasteiger partial charge in [-0.25, -0.2) is 12.7 Å². The summed E-state index contributed by atoms with van der Waals surface area (Å²) in [5.41, 5.74) is -1.20.